The normalized spacial score (nSPS) is 18.2. The Balaban J connectivity index is 1.73. The van der Waals surface area contributed by atoms with Crippen LogP contribution in [-0.2, 0) is 7.05 Å². The summed E-state index contributed by atoms with van der Waals surface area (Å²) in [5.41, 5.74) is 2.39. The third-order valence-electron chi connectivity index (χ3n) is 4.54. The number of nitrogens with one attached hydrogen (secondary N) is 1. The summed E-state index contributed by atoms with van der Waals surface area (Å²) in [6.07, 6.45) is 8.60. The number of hydrogen-bond acceptors (Lipinski definition) is 5. The van der Waals surface area contributed by atoms with E-state index in [4.69, 9.17) is 9.72 Å². The van der Waals surface area contributed by atoms with E-state index in [9.17, 15) is 4.79 Å². The quantitative estimate of drug-likeness (QED) is 0.785. The van der Waals surface area contributed by atoms with Gasteiger partial charge in [0.1, 0.15) is 11.6 Å². The Morgan fingerprint density at radius 3 is 3.00 bits per heavy atom. The average Bonchev–Trinajstić information content (AvgIpc) is 2.94. The Hall–Kier alpha value is -2.67. The molecule has 0 bridgehead atoms. The Labute approximate surface area is 145 Å². The number of aromatic nitrogens is 4. The van der Waals surface area contributed by atoms with Crippen LogP contribution in [0.1, 0.15) is 19.3 Å². The van der Waals surface area contributed by atoms with Crippen molar-refractivity contribution in [3.8, 4) is 17.1 Å². The molecular weight excluding hydrogens is 318 g/mol. The Morgan fingerprint density at radius 1 is 1.20 bits per heavy atom. The lowest BCUT2D eigenvalue weighted by Crippen LogP contribution is -2.20. The van der Waals surface area contributed by atoms with Gasteiger partial charge >= 0.3 is 0 Å². The van der Waals surface area contributed by atoms with Crippen LogP contribution in [0.3, 0.4) is 0 Å². The molecule has 1 atom stereocenters. The number of aryl methyl sites for hydroxylation is 1. The van der Waals surface area contributed by atoms with E-state index in [-0.39, 0.29) is 11.7 Å². The van der Waals surface area contributed by atoms with Crippen molar-refractivity contribution in [2.75, 3.05) is 13.1 Å². The second kappa shape index (κ2) is 6.68. The number of nitrogens with zero attached hydrogens (tertiary/aromatic N) is 4. The third-order valence-corrected chi connectivity index (χ3v) is 4.54. The zero-order valence-corrected chi connectivity index (χ0v) is 14.2. The summed E-state index contributed by atoms with van der Waals surface area (Å²) in [5, 5.41) is 7.73. The molecule has 1 aliphatic rings. The summed E-state index contributed by atoms with van der Waals surface area (Å²) in [6.45, 7) is 1.99. The summed E-state index contributed by atoms with van der Waals surface area (Å²) in [7, 11) is 1.73. The molecular formula is C18H21N5O2. The minimum absolute atomic E-state index is 0.0497. The minimum Gasteiger partial charge on any atom is -0.473 e. The van der Waals surface area contributed by atoms with Crippen LogP contribution in [0.4, 0.5) is 0 Å². The van der Waals surface area contributed by atoms with Crippen molar-refractivity contribution in [1.82, 2.24) is 24.5 Å². The maximum Gasteiger partial charge on any atom is 0.250 e. The van der Waals surface area contributed by atoms with Crippen molar-refractivity contribution in [2.45, 2.75) is 25.4 Å². The van der Waals surface area contributed by atoms with Crippen LogP contribution < -0.4 is 15.6 Å². The second-order valence-electron chi connectivity index (χ2n) is 6.38. The van der Waals surface area contributed by atoms with Crippen LogP contribution >= 0.6 is 0 Å². The van der Waals surface area contributed by atoms with Crippen molar-refractivity contribution in [3.63, 3.8) is 0 Å². The maximum atomic E-state index is 11.6. The van der Waals surface area contributed by atoms with Gasteiger partial charge in [0.15, 0.2) is 0 Å². The fourth-order valence-corrected chi connectivity index (χ4v) is 3.13. The highest BCUT2D eigenvalue weighted by Crippen LogP contribution is 2.25. The first kappa shape index (κ1) is 15.8. The predicted molar refractivity (Wildman–Crippen MR) is 94.8 cm³/mol. The Kier molecular flexibility index (Phi) is 4.23. The van der Waals surface area contributed by atoms with Crippen molar-refractivity contribution in [1.29, 1.82) is 0 Å². The first-order chi connectivity index (χ1) is 12.2. The van der Waals surface area contributed by atoms with E-state index in [0.717, 1.165) is 49.1 Å². The minimum atomic E-state index is -0.0497. The van der Waals surface area contributed by atoms with Crippen molar-refractivity contribution >= 4 is 5.52 Å². The number of rotatable bonds is 3. The molecule has 1 aliphatic heterocycles. The number of hydrogen-bond donors (Lipinski definition) is 1. The first-order valence-corrected chi connectivity index (χ1v) is 8.59. The molecule has 0 aromatic carbocycles. The number of fused-ring (bicyclic) bond motifs is 1. The van der Waals surface area contributed by atoms with Crippen LogP contribution in [0.25, 0.3) is 16.8 Å². The van der Waals surface area contributed by atoms with E-state index in [1.807, 2.05) is 12.3 Å². The summed E-state index contributed by atoms with van der Waals surface area (Å²) in [5.74, 6) is 0.593. The van der Waals surface area contributed by atoms with Crippen LogP contribution in [0, 0.1) is 0 Å². The molecule has 3 aromatic heterocycles. The molecule has 0 spiro atoms. The average molecular weight is 339 g/mol. The lowest BCUT2D eigenvalue weighted by atomic mass is 10.1. The summed E-state index contributed by atoms with van der Waals surface area (Å²) in [6, 6.07) is 5.23. The van der Waals surface area contributed by atoms with Gasteiger partial charge in [0.25, 0.3) is 0 Å². The van der Waals surface area contributed by atoms with Crippen LogP contribution in [0.5, 0.6) is 5.88 Å². The largest absolute Gasteiger partial charge is 0.473 e. The highest BCUT2D eigenvalue weighted by Gasteiger charge is 2.17. The van der Waals surface area contributed by atoms with E-state index < -0.39 is 0 Å². The van der Waals surface area contributed by atoms with Crippen molar-refractivity contribution in [3.05, 3.63) is 47.1 Å². The molecule has 130 valence electrons. The lowest BCUT2D eigenvalue weighted by molar-refractivity contribution is 0.182. The first-order valence-electron chi connectivity index (χ1n) is 8.59. The molecule has 1 saturated heterocycles. The van der Waals surface area contributed by atoms with Crippen molar-refractivity contribution in [2.24, 2.45) is 7.05 Å². The molecule has 4 heterocycles. The van der Waals surface area contributed by atoms with Crippen LogP contribution in [0.2, 0.25) is 0 Å². The van der Waals surface area contributed by atoms with Gasteiger partial charge in [0.2, 0.25) is 11.4 Å². The van der Waals surface area contributed by atoms with Crippen molar-refractivity contribution < 1.29 is 4.74 Å². The zero-order valence-electron chi connectivity index (χ0n) is 14.2. The van der Waals surface area contributed by atoms with Gasteiger partial charge in [0.05, 0.1) is 18.1 Å². The molecule has 1 unspecified atom stereocenters. The highest BCUT2D eigenvalue weighted by molar-refractivity contribution is 5.64. The summed E-state index contributed by atoms with van der Waals surface area (Å²) < 4.78 is 9.56. The van der Waals surface area contributed by atoms with Gasteiger partial charge in [-0.25, -0.2) is 9.50 Å². The molecule has 4 rings (SSSR count). The van der Waals surface area contributed by atoms with Gasteiger partial charge in [-0.05, 0) is 44.5 Å². The molecule has 0 aliphatic carbocycles. The van der Waals surface area contributed by atoms with Gasteiger partial charge < -0.3 is 14.6 Å². The van der Waals surface area contributed by atoms with Crippen LogP contribution in [0.15, 0.2) is 41.6 Å². The van der Waals surface area contributed by atoms with Gasteiger partial charge in [-0.2, -0.15) is 5.10 Å². The lowest BCUT2D eigenvalue weighted by Gasteiger charge is -2.17. The van der Waals surface area contributed by atoms with Gasteiger partial charge in [-0.15, -0.1) is 0 Å². The molecule has 1 N–H and O–H groups in total. The fraction of sp³-hybridized carbons (Fsp3) is 0.389. The number of pyridine rings is 1. The van der Waals surface area contributed by atoms with E-state index in [1.165, 1.54) is 0 Å². The zero-order chi connectivity index (χ0) is 17.2. The topological polar surface area (TPSA) is 73.5 Å². The standard InChI is InChI=1S/C18H21N5O2/c1-22-11-13(4-5-17(22)24)15-12-23-16(7-10-20-23)18(21-15)25-14-3-2-8-19-9-6-14/h4-5,7,10-12,14,19H,2-3,6,8-9H2,1H3. The highest BCUT2D eigenvalue weighted by atomic mass is 16.5. The van der Waals surface area contributed by atoms with E-state index >= 15 is 0 Å². The molecule has 0 saturated carbocycles. The molecule has 0 amide bonds. The Morgan fingerprint density at radius 2 is 2.12 bits per heavy atom. The Bertz CT molecular complexity index is 938. The summed E-state index contributed by atoms with van der Waals surface area (Å²) in [4.78, 5) is 16.4. The molecule has 25 heavy (non-hydrogen) atoms. The van der Waals surface area contributed by atoms with Gasteiger partial charge in [-0.1, -0.05) is 0 Å². The fourth-order valence-electron chi connectivity index (χ4n) is 3.13. The molecule has 0 radical (unpaired) electrons. The molecule has 3 aromatic rings. The molecule has 7 nitrogen and oxygen atoms in total. The monoisotopic (exact) mass is 339 g/mol. The van der Waals surface area contributed by atoms with E-state index in [2.05, 4.69) is 10.4 Å². The second-order valence-corrected chi connectivity index (χ2v) is 6.38. The molecule has 1 fully saturated rings. The van der Waals surface area contributed by atoms with E-state index in [1.54, 1.807) is 40.7 Å². The third kappa shape index (κ3) is 3.28. The van der Waals surface area contributed by atoms with Crippen LogP contribution in [-0.4, -0.2) is 38.4 Å². The van der Waals surface area contributed by atoms with Gasteiger partial charge in [0, 0.05) is 24.9 Å². The number of ether oxygens (including phenoxy) is 1. The molecule has 7 heteroatoms. The predicted octanol–water partition coefficient (Wildman–Crippen LogP) is 1.62. The van der Waals surface area contributed by atoms with Gasteiger partial charge in [-0.3, -0.25) is 4.79 Å². The maximum absolute atomic E-state index is 11.6. The SMILES string of the molecule is Cn1cc(-c2cn3nccc3c(OC3CCCNCC3)n2)ccc1=O. The van der Waals surface area contributed by atoms with E-state index in [0.29, 0.717) is 5.88 Å². The smallest absolute Gasteiger partial charge is 0.250 e. The summed E-state index contributed by atoms with van der Waals surface area (Å²) >= 11 is 0.